The summed E-state index contributed by atoms with van der Waals surface area (Å²) in [5.74, 6) is 0.921. The van der Waals surface area contributed by atoms with Gasteiger partial charge < -0.3 is 15.5 Å². The van der Waals surface area contributed by atoms with Crippen LogP contribution in [0, 0.1) is 6.92 Å². The van der Waals surface area contributed by atoms with Crippen molar-refractivity contribution in [1.29, 1.82) is 0 Å². The fourth-order valence-corrected chi connectivity index (χ4v) is 4.90. The van der Waals surface area contributed by atoms with Gasteiger partial charge in [0.05, 0.1) is 29.7 Å². The van der Waals surface area contributed by atoms with E-state index in [1.807, 2.05) is 19.1 Å². The number of fused-ring (bicyclic) bond motifs is 1. The number of anilines is 6. The number of carbonyl (C=O) groups is 2. The number of carbonyl (C=O) groups excluding carboxylic acids is 2. The molecule has 0 fully saturated rings. The van der Waals surface area contributed by atoms with E-state index < -0.39 is 17.6 Å². The summed E-state index contributed by atoms with van der Waals surface area (Å²) in [6, 6.07) is 12.6. The molecule has 2 N–H and O–H groups in total. The van der Waals surface area contributed by atoms with E-state index >= 15 is 0 Å². The van der Waals surface area contributed by atoms with Crippen molar-refractivity contribution in [3.63, 3.8) is 0 Å². The molecule has 10 nitrogen and oxygen atoms in total. The summed E-state index contributed by atoms with van der Waals surface area (Å²) in [4.78, 5) is 44.9. The first-order valence-electron chi connectivity index (χ1n) is 14.0. The topological polar surface area (TPSA) is 107 Å². The van der Waals surface area contributed by atoms with E-state index in [1.165, 1.54) is 21.9 Å². The molecule has 44 heavy (non-hydrogen) atoms. The van der Waals surface area contributed by atoms with Crippen LogP contribution in [0.15, 0.2) is 67.0 Å². The molecule has 228 valence electrons. The third-order valence-corrected chi connectivity index (χ3v) is 7.31. The number of alkyl halides is 3. The number of hydrogen-bond acceptors (Lipinski definition) is 7. The molecule has 5 rings (SSSR count). The minimum atomic E-state index is -4.57. The summed E-state index contributed by atoms with van der Waals surface area (Å²) in [5, 5.41) is 5.77. The highest BCUT2D eigenvalue weighted by molar-refractivity contribution is 6.07. The summed E-state index contributed by atoms with van der Waals surface area (Å²) >= 11 is 0. The van der Waals surface area contributed by atoms with Crippen LogP contribution in [0.5, 0.6) is 0 Å². The fourth-order valence-electron chi connectivity index (χ4n) is 4.90. The van der Waals surface area contributed by atoms with Gasteiger partial charge in [0.2, 0.25) is 5.95 Å². The number of hydrogen-bond donors (Lipinski definition) is 2. The number of aryl methyl sites for hydroxylation is 1. The molecule has 13 heteroatoms. The quantitative estimate of drug-likeness (QED) is 0.233. The van der Waals surface area contributed by atoms with E-state index in [1.54, 1.807) is 37.6 Å². The Morgan fingerprint density at radius 2 is 1.75 bits per heavy atom. The number of nitrogens with one attached hydrogen (secondary N) is 2. The van der Waals surface area contributed by atoms with Crippen LogP contribution in [-0.2, 0) is 12.7 Å². The molecule has 0 bridgehead atoms. The Balaban J connectivity index is 1.34. The highest BCUT2D eigenvalue weighted by Crippen LogP contribution is 2.34. The molecule has 0 unspecified atom stereocenters. The second-order valence-electron chi connectivity index (χ2n) is 10.2. The molecule has 3 heterocycles. The monoisotopic (exact) mass is 604 g/mol. The Kier molecular flexibility index (Phi) is 8.39. The molecule has 0 aliphatic carbocycles. The molecule has 0 radical (unpaired) electrons. The van der Waals surface area contributed by atoms with Gasteiger partial charge in [-0.25, -0.2) is 14.8 Å². The molecule has 1 aliphatic heterocycles. The number of pyridine rings is 1. The fraction of sp³-hybridized carbons (Fsp3) is 0.258. The first-order chi connectivity index (χ1) is 21.0. The van der Waals surface area contributed by atoms with Crippen molar-refractivity contribution in [3.05, 3.63) is 89.2 Å². The van der Waals surface area contributed by atoms with Gasteiger partial charge in [-0.1, -0.05) is 12.1 Å². The maximum absolute atomic E-state index is 13.5. The minimum Gasteiger partial charge on any atom is -0.357 e. The van der Waals surface area contributed by atoms with Crippen molar-refractivity contribution < 1.29 is 22.8 Å². The van der Waals surface area contributed by atoms with Crippen molar-refractivity contribution in [2.75, 3.05) is 45.5 Å². The first kappa shape index (κ1) is 30.3. The van der Waals surface area contributed by atoms with Crippen molar-refractivity contribution >= 4 is 46.6 Å². The Morgan fingerprint density at radius 1 is 1.00 bits per heavy atom. The van der Waals surface area contributed by atoms with Crippen LogP contribution >= 0.6 is 0 Å². The van der Waals surface area contributed by atoms with Crippen molar-refractivity contribution in [1.82, 2.24) is 15.0 Å². The first-order valence-corrected chi connectivity index (χ1v) is 14.0. The maximum atomic E-state index is 13.5. The SMILES string of the molecule is CCN(CC)c1ccc(Nc2ncc3c(n2)N(C)C(=O)N(c2cc(NC(=O)c4cccc(C(F)(F)F)c4)ccc2C)C3)cn1. The number of nitrogens with zero attached hydrogens (tertiary/aromatic N) is 6. The van der Waals surface area contributed by atoms with E-state index in [0.717, 1.165) is 36.6 Å². The lowest BCUT2D eigenvalue weighted by molar-refractivity contribution is -0.137. The molecule has 2 aromatic carbocycles. The van der Waals surface area contributed by atoms with E-state index in [0.29, 0.717) is 34.4 Å². The molecule has 0 saturated carbocycles. The molecular formula is C31H31F3N8O2. The number of halogens is 3. The van der Waals surface area contributed by atoms with Gasteiger partial charge in [-0.05, 0) is 68.8 Å². The maximum Gasteiger partial charge on any atom is 0.416 e. The molecule has 0 atom stereocenters. The number of aromatic nitrogens is 3. The molecular weight excluding hydrogens is 573 g/mol. The van der Waals surface area contributed by atoms with Crippen LogP contribution in [-0.4, -0.2) is 47.0 Å². The van der Waals surface area contributed by atoms with Gasteiger partial charge in [0.1, 0.15) is 11.6 Å². The van der Waals surface area contributed by atoms with Crippen LogP contribution in [0.25, 0.3) is 0 Å². The van der Waals surface area contributed by atoms with Gasteiger partial charge in [0.15, 0.2) is 0 Å². The van der Waals surface area contributed by atoms with Crippen LogP contribution in [0.2, 0.25) is 0 Å². The second kappa shape index (κ2) is 12.2. The summed E-state index contributed by atoms with van der Waals surface area (Å²) in [5.41, 5.74) is 1.95. The molecule has 2 aromatic heterocycles. The lowest BCUT2D eigenvalue weighted by atomic mass is 10.1. The van der Waals surface area contributed by atoms with Gasteiger partial charge in [-0.15, -0.1) is 0 Å². The second-order valence-corrected chi connectivity index (χ2v) is 10.2. The highest BCUT2D eigenvalue weighted by atomic mass is 19.4. The number of urea groups is 1. The van der Waals surface area contributed by atoms with Crippen LogP contribution < -0.4 is 25.3 Å². The predicted molar refractivity (Wildman–Crippen MR) is 164 cm³/mol. The number of amides is 3. The molecule has 3 amide bonds. The standard InChI is InChI=1S/C31H31F3N8O2/c1-5-41(6-2)26-13-12-24(17-35-26)38-29-36-16-21-18-42(30(44)40(4)27(21)39-29)25-15-23(11-10-19(25)3)37-28(43)20-8-7-9-22(14-20)31(32,33)34/h7-17H,5-6,18H2,1-4H3,(H,37,43)(H,36,38,39). The smallest absolute Gasteiger partial charge is 0.357 e. The van der Waals surface area contributed by atoms with Crippen LogP contribution in [0.1, 0.15) is 40.9 Å². The summed E-state index contributed by atoms with van der Waals surface area (Å²) in [6.45, 7) is 7.82. The summed E-state index contributed by atoms with van der Waals surface area (Å²) < 4.78 is 39.4. The van der Waals surface area contributed by atoms with Crippen molar-refractivity contribution in [2.45, 2.75) is 33.5 Å². The molecule has 4 aromatic rings. The van der Waals surface area contributed by atoms with E-state index in [4.69, 9.17) is 0 Å². The normalized spacial score (nSPS) is 13.0. The van der Waals surface area contributed by atoms with Gasteiger partial charge in [-0.3, -0.25) is 14.6 Å². The van der Waals surface area contributed by atoms with Crippen LogP contribution in [0.4, 0.5) is 52.6 Å². The third-order valence-electron chi connectivity index (χ3n) is 7.31. The average molecular weight is 605 g/mol. The Bertz CT molecular complexity index is 1690. The predicted octanol–water partition coefficient (Wildman–Crippen LogP) is 6.62. The van der Waals surface area contributed by atoms with Crippen molar-refractivity contribution in [3.8, 4) is 0 Å². The molecule has 1 aliphatic rings. The zero-order valence-corrected chi connectivity index (χ0v) is 24.6. The zero-order valence-electron chi connectivity index (χ0n) is 24.6. The van der Waals surface area contributed by atoms with E-state index in [9.17, 15) is 22.8 Å². The largest absolute Gasteiger partial charge is 0.416 e. The Morgan fingerprint density at radius 3 is 2.43 bits per heavy atom. The average Bonchev–Trinajstić information content (AvgIpc) is 3.01. The van der Waals surface area contributed by atoms with Gasteiger partial charge >= 0.3 is 12.2 Å². The molecule has 0 saturated heterocycles. The van der Waals surface area contributed by atoms with Gasteiger partial charge in [-0.2, -0.15) is 18.2 Å². The van der Waals surface area contributed by atoms with E-state index in [2.05, 4.69) is 44.3 Å². The van der Waals surface area contributed by atoms with Gasteiger partial charge in [0, 0.05) is 43.1 Å². The van der Waals surface area contributed by atoms with E-state index in [-0.39, 0.29) is 18.1 Å². The highest BCUT2D eigenvalue weighted by Gasteiger charge is 2.32. The minimum absolute atomic E-state index is 0.137. The van der Waals surface area contributed by atoms with Gasteiger partial charge in [0.25, 0.3) is 5.91 Å². The third kappa shape index (κ3) is 6.26. The lowest BCUT2D eigenvalue weighted by Gasteiger charge is -2.35. The summed E-state index contributed by atoms with van der Waals surface area (Å²) in [6.07, 6.45) is -1.22. The van der Waals surface area contributed by atoms with Crippen molar-refractivity contribution in [2.24, 2.45) is 0 Å². The Labute approximate surface area is 252 Å². The zero-order chi connectivity index (χ0) is 31.6. The lowest BCUT2D eigenvalue weighted by Crippen LogP contribution is -2.46. The number of benzene rings is 2. The summed E-state index contributed by atoms with van der Waals surface area (Å²) in [7, 11) is 1.61. The van der Waals surface area contributed by atoms with Crippen LogP contribution in [0.3, 0.4) is 0 Å². The molecule has 0 spiro atoms. The number of rotatable bonds is 8. The Hall–Kier alpha value is -5.20.